The highest BCUT2D eigenvalue weighted by atomic mass is 35.5. The fourth-order valence-electron chi connectivity index (χ4n) is 3.49. The van der Waals surface area contributed by atoms with Crippen LogP contribution in [0.2, 0.25) is 5.15 Å². The summed E-state index contributed by atoms with van der Waals surface area (Å²) in [6.45, 7) is 4.31. The molecule has 1 heterocycles. The van der Waals surface area contributed by atoms with Crippen LogP contribution in [-0.2, 0) is 13.5 Å². The molecule has 0 bridgehead atoms. The van der Waals surface area contributed by atoms with E-state index < -0.39 is 0 Å². The van der Waals surface area contributed by atoms with Crippen molar-refractivity contribution in [3.8, 4) is 0 Å². The fraction of sp³-hybridized carbons (Fsp3) is 0.800. The van der Waals surface area contributed by atoms with Crippen LogP contribution in [-0.4, -0.2) is 15.8 Å². The van der Waals surface area contributed by atoms with Crippen LogP contribution in [0.4, 0.5) is 0 Å². The first kappa shape index (κ1) is 15.8. The lowest BCUT2D eigenvalue weighted by molar-refractivity contribution is 0.217. The first-order valence-electron chi connectivity index (χ1n) is 7.70. The zero-order valence-electron chi connectivity index (χ0n) is 12.8. The maximum atomic E-state index is 6.33. The lowest BCUT2D eigenvalue weighted by Crippen LogP contribution is -2.43. The average molecular weight is 299 g/mol. The van der Waals surface area contributed by atoms with E-state index in [1.807, 2.05) is 14.0 Å². The average Bonchev–Trinajstić information content (AvgIpc) is 2.70. The van der Waals surface area contributed by atoms with Gasteiger partial charge in [-0.1, -0.05) is 37.8 Å². The van der Waals surface area contributed by atoms with E-state index in [1.54, 1.807) is 4.68 Å². The van der Waals surface area contributed by atoms with Crippen molar-refractivity contribution < 1.29 is 0 Å². The molecule has 5 heteroatoms. The third kappa shape index (κ3) is 3.35. The molecule has 1 saturated carbocycles. The summed E-state index contributed by atoms with van der Waals surface area (Å²) < 4.78 is 1.74. The first-order chi connectivity index (χ1) is 9.56. The number of nitrogens with two attached hydrogens (primary N) is 1. The molecule has 20 heavy (non-hydrogen) atoms. The van der Waals surface area contributed by atoms with Crippen LogP contribution in [0, 0.1) is 18.8 Å². The van der Waals surface area contributed by atoms with E-state index in [1.165, 1.54) is 32.1 Å². The second kappa shape index (κ2) is 6.92. The zero-order valence-corrected chi connectivity index (χ0v) is 13.6. The Hall–Kier alpha value is -0.580. The number of aryl methyl sites for hydroxylation is 2. The number of aromatic nitrogens is 2. The van der Waals surface area contributed by atoms with Gasteiger partial charge in [0.25, 0.3) is 0 Å². The standard InChI is InChI=1S/C15H27ClN4/c1-4-11-5-7-12(8-6-11)14(18-17)9-13-10(2)19-20(3)15(13)16/h11-12,14,18H,4-9,17H2,1-3H3. The van der Waals surface area contributed by atoms with Gasteiger partial charge < -0.3 is 0 Å². The summed E-state index contributed by atoms with van der Waals surface area (Å²) in [4.78, 5) is 0. The molecular weight excluding hydrogens is 272 g/mol. The van der Waals surface area contributed by atoms with Crippen molar-refractivity contribution in [3.05, 3.63) is 16.4 Å². The molecule has 0 aliphatic heterocycles. The molecule has 2 rings (SSSR count). The zero-order chi connectivity index (χ0) is 14.7. The molecular formula is C15H27ClN4. The minimum atomic E-state index is 0.299. The van der Waals surface area contributed by atoms with Crippen molar-refractivity contribution >= 4 is 11.6 Å². The molecule has 0 saturated heterocycles. The van der Waals surface area contributed by atoms with Crippen LogP contribution in [0.25, 0.3) is 0 Å². The fourth-order valence-corrected chi connectivity index (χ4v) is 3.74. The molecule has 114 valence electrons. The summed E-state index contributed by atoms with van der Waals surface area (Å²) in [5, 5.41) is 5.13. The molecule has 0 aromatic carbocycles. The van der Waals surface area contributed by atoms with Crippen molar-refractivity contribution in [2.45, 2.75) is 58.4 Å². The predicted octanol–water partition coefficient (Wildman–Crippen LogP) is 2.97. The van der Waals surface area contributed by atoms with Gasteiger partial charge in [0.05, 0.1) is 5.69 Å². The third-order valence-corrected chi connectivity index (χ3v) is 5.42. The summed E-state index contributed by atoms with van der Waals surface area (Å²) in [6.07, 6.45) is 7.38. The molecule has 0 spiro atoms. The van der Waals surface area contributed by atoms with Crippen LogP contribution >= 0.6 is 11.6 Å². The van der Waals surface area contributed by atoms with Crippen molar-refractivity contribution in [1.29, 1.82) is 0 Å². The maximum Gasteiger partial charge on any atom is 0.130 e. The van der Waals surface area contributed by atoms with E-state index in [4.69, 9.17) is 17.4 Å². The van der Waals surface area contributed by atoms with Crippen LogP contribution in [0.5, 0.6) is 0 Å². The van der Waals surface area contributed by atoms with E-state index >= 15 is 0 Å². The molecule has 1 aromatic heterocycles. The molecule has 0 radical (unpaired) electrons. The molecule has 1 unspecified atom stereocenters. The molecule has 4 nitrogen and oxygen atoms in total. The molecule has 1 aliphatic rings. The Bertz CT molecular complexity index is 435. The van der Waals surface area contributed by atoms with Crippen LogP contribution in [0.3, 0.4) is 0 Å². The highest BCUT2D eigenvalue weighted by Gasteiger charge is 2.28. The summed E-state index contributed by atoms with van der Waals surface area (Å²) >= 11 is 6.33. The minimum Gasteiger partial charge on any atom is -0.271 e. The van der Waals surface area contributed by atoms with Gasteiger partial charge in [-0.25, -0.2) is 0 Å². The van der Waals surface area contributed by atoms with E-state index in [2.05, 4.69) is 17.4 Å². The molecule has 1 aliphatic carbocycles. The second-order valence-corrected chi connectivity index (χ2v) is 6.50. The lowest BCUT2D eigenvalue weighted by Gasteiger charge is -2.33. The van der Waals surface area contributed by atoms with E-state index in [0.717, 1.165) is 28.7 Å². The van der Waals surface area contributed by atoms with Gasteiger partial charge in [0.15, 0.2) is 0 Å². The first-order valence-corrected chi connectivity index (χ1v) is 8.08. The number of halogens is 1. The van der Waals surface area contributed by atoms with Gasteiger partial charge in [-0.05, 0) is 38.0 Å². The highest BCUT2D eigenvalue weighted by molar-refractivity contribution is 6.30. The normalized spacial score (nSPS) is 24.9. The summed E-state index contributed by atoms with van der Waals surface area (Å²) in [5.74, 6) is 7.37. The third-order valence-electron chi connectivity index (χ3n) is 4.95. The minimum absolute atomic E-state index is 0.299. The van der Waals surface area contributed by atoms with Gasteiger partial charge in [0, 0.05) is 18.7 Å². The molecule has 0 amide bonds. The van der Waals surface area contributed by atoms with Gasteiger partial charge in [-0.15, -0.1) is 0 Å². The van der Waals surface area contributed by atoms with Crippen LogP contribution in [0.1, 0.15) is 50.3 Å². The molecule has 1 atom stereocenters. The monoisotopic (exact) mass is 298 g/mol. The SMILES string of the molecule is CCC1CCC(C(Cc2c(C)nn(C)c2Cl)NN)CC1. The quantitative estimate of drug-likeness (QED) is 0.649. The topological polar surface area (TPSA) is 55.9 Å². The second-order valence-electron chi connectivity index (χ2n) is 6.14. The number of nitrogens with one attached hydrogen (secondary N) is 1. The van der Waals surface area contributed by atoms with E-state index in [0.29, 0.717) is 12.0 Å². The number of hydrogen-bond acceptors (Lipinski definition) is 3. The molecule has 1 aromatic rings. The Morgan fingerprint density at radius 1 is 1.40 bits per heavy atom. The van der Waals surface area contributed by atoms with Gasteiger partial charge in [0.2, 0.25) is 0 Å². The largest absolute Gasteiger partial charge is 0.271 e. The summed E-state index contributed by atoms with van der Waals surface area (Å²) in [7, 11) is 1.89. The number of hydrazine groups is 1. The van der Waals surface area contributed by atoms with Crippen LogP contribution in [0.15, 0.2) is 0 Å². The predicted molar refractivity (Wildman–Crippen MR) is 83.5 cm³/mol. The van der Waals surface area contributed by atoms with Crippen molar-refractivity contribution in [2.75, 3.05) is 0 Å². The number of hydrogen-bond donors (Lipinski definition) is 2. The number of nitrogens with zero attached hydrogens (tertiary/aromatic N) is 2. The smallest absolute Gasteiger partial charge is 0.130 e. The number of rotatable bonds is 5. The van der Waals surface area contributed by atoms with Crippen LogP contribution < -0.4 is 11.3 Å². The summed E-state index contributed by atoms with van der Waals surface area (Å²) in [6, 6.07) is 0.299. The molecule has 3 N–H and O–H groups in total. The highest BCUT2D eigenvalue weighted by Crippen LogP contribution is 2.34. The van der Waals surface area contributed by atoms with Crippen molar-refractivity contribution in [3.63, 3.8) is 0 Å². The Morgan fingerprint density at radius 2 is 2.05 bits per heavy atom. The van der Waals surface area contributed by atoms with Gasteiger partial charge in [-0.3, -0.25) is 16.0 Å². The Labute approximate surface area is 127 Å². The van der Waals surface area contributed by atoms with E-state index in [-0.39, 0.29) is 0 Å². The van der Waals surface area contributed by atoms with Gasteiger partial charge in [0.1, 0.15) is 5.15 Å². The maximum absolute atomic E-state index is 6.33. The van der Waals surface area contributed by atoms with Crippen molar-refractivity contribution in [1.82, 2.24) is 15.2 Å². The summed E-state index contributed by atoms with van der Waals surface area (Å²) in [5.41, 5.74) is 5.17. The van der Waals surface area contributed by atoms with Gasteiger partial charge in [-0.2, -0.15) is 5.10 Å². The Morgan fingerprint density at radius 3 is 2.50 bits per heavy atom. The Kier molecular flexibility index (Phi) is 5.47. The van der Waals surface area contributed by atoms with Crippen molar-refractivity contribution in [2.24, 2.45) is 24.7 Å². The molecule has 1 fully saturated rings. The van der Waals surface area contributed by atoms with E-state index in [9.17, 15) is 0 Å². The lowest BCUT2D eigenvalue weighted by atomic mass is 9.76. The Balaban J connectivity index is 2.02. The van der Waals surface area contributed by atoms with Gasteiger partial charge >= 0.3 is 0 Å².